The number of hydrogen-bond acceptors (Lipinski definition) is 4. The van der Waals surface area contributed by atoms with Crippen molar-refractivity contribution >= 4 is 0 Å². The van der Waals surface area contributed by atoms with Gasteiger partial charge in [-0.1, -0.05) is 31.4 Å². The minimum atomic E-state index is -4.37. The molecule has 1 aliphatic heterocycles. The fourth-order valence-electron chi connectivity index (χ4n) is 4.29. The fraction of sp³-hybridized carbons (Fsp3) is 0.783. The molecule has 2 atom stereocenters. The summed E-state index contributed by atoms with van der Waals surface area (Å²) in [4.78, 5) is 4.29. The Hall–Kier alpha value is -1.52. The highest BCUT2D eigenvalue weighted by molar-refractivity contribution is 5.14. The Kier molecular flexibility index (Phi) is 8.81. The Labute approximate surface area is 179 Å². The number of allylic oxidation sites excluding steroid dienone is 3. The molecule has 1 heterocycles. The van der Waals surface area contributed by atoms with Crippen molar-refractivity contribution in [1.82, 2.24) is 9.80 Å². The van der Waals surface area contributed by atoms with Gasteiger partial charge in [0.15, 0.2) is 0 Å². The molecule has 0 spiro atoms. The Balaban J connectivity index is 1.89. The molecular weight excluding hydrogens is 391 g/mol. The summed E-state index contributed by atoms with van der Waals surface area (Å²) in [7, 11) is 0. The van der Waals surface area contributed by atoms with E-state index in [1.807, 2.05) is 12.3 Å². The minimum Gasteiger partial charge on any atom is -0.378 e. The summed E-state index contributed by atoms with van der Waals surface area (Å²) in [5.74, 6) is -0.145. The zero-order valence-corrected chi connectivity index (χ0v) is 18.5. The molecule has 1 saturated heterocycles. The maximum Gasteiger partial charge on any atom is 0.412 e. The molecule has 0 bridgehead atoms. The maximum absolute atomic E-state index is 12.9. The van der Waals surface area contributed by atoms with E-state index < -0.39 is 23.1 Å². The van der Waals surface area contributed by atoms with Crippen molar-refractivity contribution < 1.29 is 18.3 Å². The van der Waals surface area contributed by atoms with Crippen molar-refractivity contribution in [3.63, 3.8) is 0 Å². The van der Waals surface area contributed by atoms with Gasteiger partial charge in [0.2, 0.25) is 0 Å². The number of halogens is 3. The van der Waals surface area contributed by atoms with Gasteiger partial charge in [-0.3, -0.25) is 4.90 Å². The predicted molar refractivity (Wildman–Crippen MR) is 112 cm³/mol. The van der Waals surface area contributed by atoms with Gasteiger partial charge in [-0.25, -0.2) is 0 Å². The number of piperazine rings is 1. The molecule has 0 aromatic carbocycles. The second kappa shape index (κ2) is 10.7. The van der Waals surface area contributed by atoms with Gasteiger partial charge in [0, 0.05) is 31.8 Å². The van der Waals surface area contributed by atoms with E-state index in [9.17, 15) is 23.5 Å². The van der Waals surface area contributed by atoms with Crippen LogP contribution in [0.3, 0.4) is 0 Å². The van der Waals surface area contributed by atoms with E-state index in [0.717, 1.165) is 45.9 Å². The summed E-state index contributed by atoms with van der Waals surface area (Å²) in [5, 5.41) is 20.1. The second-order valence-corrected chi connectivity index (χ2v) is 9.29. The first-order chi connectivity index (χ1) is 14.0. The third-order valence-corrected chi connectivity index (χ3v) is 6.61. The van der Waals surface area contributed by atoms with Crippen molar-refractivity contribution in [2.75, 3.05) is 26.2 Å². The zero-order chi connectivity index (χ0) is 22.4. The Morgan fingerprint density at radius 2 is 1.73 bits per heavy atom. The number of alkyl halides is 3. The van der Waals surface area contributed by atoms with Gasteiger partial charge < -0.3 is 10.0 Å². The monoisotopic (exact) mass is 427 g/mol. The average molecular weight is 428 g/mol. The first-order valence-electron chi connectivity index (χ1n) is 11.0. The standard InChI is InChI=1S/C23H36F3N3O/c1-18(23(24,25)26)16-20(22(2,3)17-27)10-7-11-28-12-14-29(15-13-28)21(30)19-8-5-4-6-9-19/h7,11,16,19-21,30H,4-6,8-10,12-15H2,1-3H3/b11-7+,18-16+. The Bertz CT molecular complexity index is 637. The lowest BCUT2D eigenvalue weighted by Gasteiger charge is -2.40. The molecule has 170 valence electrons. The smallest absolute Gasteiger partial charge is 0.378 e. The largest absolute Gasteiger partial charge is 0.412 e. The number of nitriles is 1. The van der Waals surface area contributed by atoms with E-state index in [1.165, 1.54) is 25.3 Å². The van der Waals surface area contributed by atoms with Crippen LogP contribution in [0.2, 0.25) is 0 Å². The van der Waals surface area contributed by atoms with Gasteiger partial charge in [-0.2, -0.15) is 18.4 Å². The molecule has 0 aromatic rings. The summed E-state index contributed by atoms with van der Waals surface area (Å²) in [6, 6.07) is 2.14. The van der Waals surface area contributed by atoms with E-state index in [-0.39, 0.29) is 6.23 Å². The molecule has 2 fully saturated rings. The summed E-state index contributed by atoms with van der Waals surface area (Å²) < 4.78 is 38.8. The topological polar surface area (TPSA) is 50.5 Å². The quantitative estimate of drug-likeness (QED) is 0.576. The van der Waals surface area contributed by atoms with Crippen LogP contribution < -0.4 is 0 Å². The molecule has 1 aliphatic carbocycles. The molecule has 4 nitrogen and oxygen atoms in total. The highest BCUT2D eigenvalue weighted by Gasteiger charge is 2.34. The van der Waals surface area contributed by atoms with Gasteiger partial charge in [0.1, 0.15) is 6.23 Å². The highest BCUT2D eigenvalue weighted by atomic mass is 19.4. The van der Waals surface area contributed by atoms with Crippen LogP contribution in [-0.2, 0) is 0 Å². The molecule has 2 aliphatic rings. The number of hydrogen-bond donors (Lipinski definition) is 1. The maximum atomic E-state index is 12.9. The summed E-state index contributed by atoms with van der Waals surface area (Å²) >= 11 is 0. The number of aliphatic hydroxyl groups excluding tert-OH is 1. The third-order valence-electron chi connectivity index (χ3n) is 6.61. The van der Waals surface area contributed by atoms with Gasteiger partial charge >= 0.3 is 6.18 Å². The van der Waals surface area contributed by atoms with Crippen LogP contribution in [-0.4, -0.2) is 53.5 Å². The van der Waals surface area contributed by atoms with Gasteiger partial charge in [-0.05, 0) is 58.1 Å². The van der Waals surface area contributed by atoms with Crippen molar-refractivity contribution in [3.8, 4) is 6.07 Å². The van der Waals surface area contributed by atoms with Crippen LogP contribution in [0, 0.1) is 28.6 Å². The molecule has 0 radical (unpaired) electrons. The lowest BCUT2D eigenvalue weighted by Crippen LogP contribution is -2.51. The molecule has 0 aromatic heterocycles. The van der Waals surface area contributed by atoms with E-state index in [4.69, 9.17) is 0 Å². The van der Waals surface area contributed by atoms with E-state index in [0.29, 0.717) is 12.3 Å². The molecule has 7 heteroatoms. The molecule has 2 rings (SSSR count). The predicted octanol–water partition coefficient (Wildman–Crippen LogP) is 5.08. The Morgan fingerprint density at radius 1 is 1.13 bits per heavy atom. The summed E-state index contributed by atoms with van der Waals surface area (Å²) in [6.07, 6.45) is 6.49. The van der Waals surface area contributed by atoms with Crippen molar-refractivity contribution in [2.24, 2.45) is 17.3 Å². The molecular formula is C23H36F3N3O. The van der Waals surface area contributed by atoms with E-state index in [1.54, 1.807) is 13.8 Å². The number of nitrogens with zero attached hydrogens (tertiary/aromatic N) is 3. The number of rotatable bonds is 7. The average Bonchev–Trinajstić information content (AvgIpc) is 2.72. The van der Waals surface area contributed by atoms with Crippen LogP contribution in [0.25, 0.3) is 0 Å². The lowest BCUT2D eigenvalue weighted by molar-refractivity contribution is -0.0920. The third kappa shape index (κ3) is 7.02. The summed E-state index contributed by atoms with van der Waals surface area (Å²) in [5.41, 5.74) is -1.55. The number of aliphatic hydroxyl groups is 1. The zero-order valence-electron chi connectivity index (χ0n) is 18.5. The second-order valence-electron chi connectivity index (χ2n) is 9.29. The summed E-state index contributed by atoms with van der Waals surface area (Å²) in [6.45, 7) is 7.54. The van der Waals surface area contributed by atoms with Gasteiger partial charge in [0.05, 0.1) is 11.5 Å². The van der Waals surface area contributed by atoms with Crippen molar-refractivity contribution in [2.45, 2.75) is 71.7 Å². The lowest BCUT2D eigenvalue weighted by atomic mass is 9.77. The van der Waals surface area contributed by atoms with Crippen molar-refractivity contribution in [3.05, 3.63) is 23.9 Å². The van der Waals surface area contributed by atoms with Crippen molar-refractivity contribution in [1.29, 1.82) is 5.26 Å². The van der Waals surface area contributed by atoms with Gasteiger partial charge in [-0.15, -0.1) is 0 Å². The Morgan fingerprint density at radius 3 is 2.27 bits per heavy atom. The molecule has 0 amide bonds. The molecule has 2 unspecified atom stereocenters. The van der Waals surface area contributed by atoms with Crippen LogP contribution in [0.15, 0.2) is 23.9 Å². The van der Waals surface area contributed by atoms with Crippen LogP contribution in [0.5, 0.6) is 0 Å². The SMILES string of the molecule is C/C(=C\C(C/C=C/N1CCN(C(O)C2CCCCC2)CC1)C(C)(C)C#N)C(F)(F)F. The van der Waals surface area contributed by atoms with E-state index in [2.05, 4.69) is 15.9 Å². The normalized spacial score (nSPS) is 22.9. The van der Waals surface area contributed by atoms with Crippen LogP contribution in [0.1, 0.15) is 59.3 Å². The van der Waals surface area contributed by atoms with E-state index >= 15 is 0 Å². The minimum absolute atomic E-state index is 0.368. The van der Waals surface area contributed by atoms with Crippen LogP contribution in [0.4, 0.5) is 13.2 Å². The van der Waals surface area contributed by atoms with Gasteiger partial charge in [0.25, 0.3) is 0 Å². The van der Waals surface area contributed by atoms with Crippen LogP contribution >= 0.6 is 0 Å². The molecule has 1 N–H and O–H groups in total. The fourth-order valence-corrected chi connectivity index (χ4v) is 4.29. The molecule has 30 heavy (non-hydrogen) atoms. The highest BCUT2D eigenvalue weighted by Crippen LogP contribution is 2.35. The first-order valence-corrected chi connectivity index (χ1v) is 11.0. The molecule has 1 saturated carbocycles. The first kappa shape index (κ1) is 24.7.